The number of hydrogen-bond acceptors (Lipinski definition) is 5. The van der Waals surface area contributed by atoms with Gasteiger partial charge in [0, 0.05) is 10.0 Å². The number of benzene rings is 1. The summed E-state index contributed by atoms with van der Waals surface area (Å²) in [6, 6.07) is 6.00. The van der Waals surface area contributed by atoms with Crippen LogP contribution in [-0.2, 0) is 0 Å². The van der Waals surface area contributed by atoms with E-state index in [9.17, 15) is 0 Å². The van der Waals surface area contributed by atoms with E-state index >= 15 is 0 Å². The van der Waals surface area contributed by atoms with E-state index in [2.05, 4.69) is 36.6 Å². The lowest BCUT2D eigenvalue weighted by Crippen LogP contribution is -2.11. The van der Waals surface area contributed by atoms with E-state index in [1.165, 1.54) is 6.33 Å². The zero-order valence-corrected chi connectivity index (χ0v) is 11.7. The molecule has 1 heterocycles. The number of halogens is 1. The lowest BCUT2D eigenvalue weighted by Gasteiger charge is -2.13. The van der Waals surface area contributed by atoms with Crippen molar-refractivity contribution in [2.75, 3.05) is 10.7 Å². The lowest BCUT2D eigenvalue weighted by molar-refractivity contribution is 1.10. The van der Waals surface area contributed by atoms with Gasteiger partial charge >= 0.3 is 0 Å². The Kier molecular flexibility index (Phi) is 3.78. The fourth-order valence-electron chi connectivity index (χ4n) is 1.59. The SMILES string of the molecule is Cc1cccc(Nc2ncnc(NN)c2C)c1Br. The molecule has 4 N–H and O–H groups in total. The highest BCUT2D eigenvalue weighted by molar-refractivity contribution is 9.10. The number of nitrogens with two attached hydrogens (primary N) is 1. The molecule has 0 spiro atoms. The molecule has 5 nitrogen and oxygen atoms in total. The summed E-state index contributed by atoms with van der Waals surface area (Å²) in [5, 5.41) is 3.26. The third-order valence-electron chi connectivity index (χ3n) is 2.67. The molecule has 94 valence electrons. The molecule has 18 heavy (non-hydrogen) atoms. The molecule has 0 aliphatic rings. The first-order valence-electron chi connectivity index (χ1n) is 5.44. The van der Waals surface area contributed by atoms with Crippen LogP contribution in [0.15, 0.2) is 29.0 Å². The molecule has 0 atom stereocenters. The summed E-state index contributed by atoms with van der Waals surface area (Å²) < 4.78 is 1.02. The Balaban J connectivity index is 2.37. The van der Waals surface area contributed by atoms with Crippen molar-refractivity contribution in [2.45, 2.75) is 13.8 Å². The maximum atomic E-state index is 5.39. The van der Waals surface area contributed by atoms with Crippen molar-refractivity contribution in [1.29, 1.82) is 0 Å². The van der Waals surface area contributed by atoms with Crippen LogP contribution in [0.1, 0.15) is 11.1 Å². The van der Waals surface area contributed by atoms with Crippen LogP contribution in [0, 0.1) is 13.8 Å². The topological polar surface area (TPSA) is 75.9 Å². The molecule has 0 radical (unpaired) electrons. The van der Waals surface area contributed by atoms with Crippen molar-refractivity contribution in [3.63, 3.8) is 0 Å². The first-order chi connectivity index (χ1) is 8.63. The molecule has 6 heteroatoms. The van der Waals surface area contributed by atoms with E-state index in [0.717, 1.165) is 27.1 Å². The quantitative estimate of drug-likeness (QED) is 0.600. The summed E-state index contributed by atoms with van der Waals surface area (Å²) in [4.78, 5) is 8.25. The Morgan fingerprint density at radius 1 is 1.17 bits per heavy atom. The highest BCUT2D eigenvalue weighted by Crippen LogP contribution is 2.29. The number of rotatable bonds is 3. The maximum absolute atomic E-state index is 5.39. The molecule has 0 fully saturated rings. The summed E-state index contributed by atoms with van der Waals surface area (Å²) in [5.41, 5.74) is 5.53. The van der Waals surface area contributed by atoms with E-state index in [1.54, 1.807) is 0 Å². The largest absolute Gasteiger partial charge is 0.339 e. The van der Waals surface area contributed by atoms with E-state index in [-0.39, 0.29) is 0 Å². The average molecular weight is 308 g/mol. The molecule has 0 amide bonds. The van der Waals surface area contributed by atoms with Gasteiger partial charge in [0.2, 0.25) is 0 Å². The summed E-state index contributed by atoms with van der Waals surface area (Å²) in [6.07, 6.45) is 1.47. The predicted octanol–water partition coefficient (Wildman–Crippen LogP) is 2.89. The highest BCUT2D eigenvalue weighted by atomic mass is 79.9. The van der Waals surface area contributed by atoms with Crippen molar-refractivity contribution < 1.29 is 0 Å². The van der Waals surface area contributed by atoms with Crippen molar-refractivity contribution in [3.8, 4) is 0 Å². The van der Waals surface area contributed by atoms with Gasteiger partial charge in [0.25, 0.3) is 0 Å². The van der Waals surface area contributed by atoms with Gasteiger partial charge in [0.05, 0.1) is 5.69 Å². The van der Waals surface area contributed by atoms with Crippen molar-refractivity contribution in [3.05, 3.63) is 40.1 Å². The van der Waals surface area contributed by atoms with Gasteiger partial charge in [-0.3, -0.25) is 0 Å². The zero-order chi connectivity index (χ0) is 13.1. The minimum Gasteiger partial charge on any atom is -0.339 e. The molecule has 0 saturated carbocycles. The number of aryl methyl sites for hydroxylation is 1. The van der Waals surface area contributed by atoms with E-state index in [0.29, 0.717) is 5.82 Å². The summed E-state index contributed by atoms with van der Waals surface area (Å²) in [5.74, 6) is 6.72. The fraction of sp³-hybridized carbons (Fsp3) is 0.167. The number of hydrazine groups is 1. The van der Waals surface area contributed by atoms with Gasteiger partial charge in [-0.05, 0) is 41.4 Å². The van der Waals surface area contributed by atoms with Crippen LogP contribution in [0.25, 0.3) is 0 Å². The van der Waals surface area contributed by atoms with Crippen LogP contribution in [0.5, 0.6) is 0 Å². The second kappa shape index (κ2) is 5.32. The van der Waals surface area contributed by atoms with Gasteiger partial charge < -0.3 is 10.7 Å². The Bertz CT molecular complexity index is 570. The molecule has 2 rings (SSSR count). The Morgan fingerprint density at radius 2 is 1.89 bits per heavy atom. The molecule has 0 bridgehead atoms. The molecule has 0 aliphatic heterocycles. The van der Waals surface area contributed by atoms with Crippen LogP contribution in [0.3, 0.4) is 0 Å². The van der Waals surface area contributed by atoms with E-state index < -0.39 is 0 Å². The van der Waals surface area contributed by atoms with Gasteiger partial charge in [0.1, 0.15) is 18.0 Å². The van der Waals surface area contributed by atoms with Gasteiger partial charge in [-0.15, -0.1) is 0 Å². The summed E-state index contributed by atoms with van der Waals surface area (Å²) >= 11 is 3.55. The molecule has 1 aromatic heterocycles. The van der Waals surface area contributed by atoms with Gasteiger partial charge in [-0.2, -0.15) is 0 Å². The van der Waals surface area contributed by atoms with Crippen LogP contribution in [0.4, 0.5) is 17.3 Å². The molecule has 0 aliphatic carbocycles. The Labute approximate surface area is 114 Å². The molecule has 0 unspecified atom stereocenters. The number of nitrogens with one attached hydrogen (secondary N) is 2. The normalized spacial score (nSPS) is 10.2. The maximum Gasteiger partial charge on any atom is 0.148 e. The van der Waals surface area contributed by atoms with Gasteiger partial charge in [0.15, 0.2) is 0 Å². The average Bonchev–Trinajstić information content (AvgIpc) is 2.37. The third kappa shape index (κ3) is 2.44. The molecular formula is C12H14BrN5. The second-order valence-corrected chi connectivity index (χ2v) is 4.69. The third-order valence-corrected chi connectivity index (χ3v) is 3.72. The summed E-state index contributed by atoms with van der Waals surface area (Å²) in [6.45, 7) is 3.94. The minimum atomic E-state index is 0.608. The van der Waals surface area contributed by atoms with Crippen molar-refractivity contribution in [1.82, 2.24) is 9.97 Å². The van der Waals surface area contributed by atoms with Crippen LogP contribution in [-0.4, -0.2) is 9.97 Å². The van der Waals surface area contributed by atoms with Crippen LogP contribution in [0.2, 0.25) is 0 Å². The first kappa shape index (κ1) is 12.8. The number of nitrogen functional groups attached to an aromatic ring is 1. The van der Waals surface area contributed by atoms with Crippen molar-refractivity contribution in [2.24, 2.45) is 5.84 Å². The molecule has 0 saturated heterocycles. The Morgan fingerprint density at radius 3 is 2.61 bits per heavy atom. The van der Waals surface area contributed by atoms with Crippen molar-refractivity contribution >= 4 is 33.3 Å². The van der Waals surface area contributed by atoms with Gasteiger partial charge in [-0.25, -0.2) is 15.8 Å². The predicted molar refractivity (Wildman–Crippen MR) is 76.7 cm³/mol. The van der Waals surface area contributed by atoms with E-state index in [4.69, 9.17) is 5.84 Å². The van der Waals surface area contributed by atoms with E-state index in [1.807, 2.05) is 32.0 Å². The number of nitrogens with zero attached hydrogens (tertiary/aromatic N) is 2. The first-order valence-corrected chi connectivity index (χ1v) is 6.23. The fourth-order valence-corrected chi connectivity index (χ4v) is 1.96. The highest BCUT2D eigenvalue weighted by Gasteiger charge is 2.08. The number of aromatic nitrogens is 2. The summed E-state index contributed by atoms with van der Waals surface area (Å²) in [7, 11) is 0. The van der Waals surface area contributed by atoms with Gasteiger partial charge in [-0.1, -0.05) is 12.1 Å². The smallest absolute Gasteiger partial charge is 0.148 e. The number of anilines is 3. The lowest BCUT2D eigenvalue weighted by atomic mass is 10.2. The Hall–Kier alpha value is -1.66. The molecular weight excluding hydrogens is 294 g/mol. The standard InChI is InChI=1S/C12H14BrN5/c1-7-4-3-5-9(10(7)13)17-11-8(2)12(18-14)16-6-15-11/h3-6H,14H2,1-2H3,(H2,15,16,17,18). The molecule has 2 aromatic rings. The van der Waals surface area contributed by atoms with Crippen LogP contribution >= 0.6 is 15.9 Å². The zero-order valence-electron chi connectivity index (χ0n) is 10.2. The number of hydrogen-bond donors (Lipinski definition) is 3. The second-order valence-electron chi connectivity index (χ2n) is 3.90. The monoisotopic (exact) mass is 307 g/mol. The van der Waals surface area contributed by atoms with Crippen LogP contribution < -0.4 is 16.6 Å². The molecule has 1 aromatic carbocycles. The minimum absolute atomic E-state index is 0.608.